The standard InChI is InChI=1S/C20H21FN4O3/c21-15-6-4-13(5-7-15)18(26)23-9-14-10-24-17(16(14)11-23)22-25(20(28)19(24)27)8-12-2-1-3-12/h4-7,12,14,16H,1-3,8-11H2/t14-,16-/m0/s1. The minimum absolute atomic E-state index is 0.0506. The van der Waals surface area contributed by atoms with Gasteiger partial charge in [0.1, 0.15) is 11.6 Å². The molecule has 1 saturated heterocycles. The first-order chi connectivity index (χ1) is 13.5. The molecule has 146 valence electrons. The van der Waals surface area contributed by atoms with E-state index in [1.165, 1.54) is 33.5 Å². The Morgan fingerprint density at radius 1 is 1.07 bits per heavy atom. The van der Waals surface area contributed by atoms with Crippen molar-refractivity contribution in [2.45, 2.75) is 38.3 Å². The second-order valence-corrected chi connectivity index (χ2v) is 8.14. The van der Waals surface area contributed by atoms with Crippen molar-refractivity contribution in [1.29, 1.82) is 0 Å². The SMILES string of the molecule is O=C(c1ccc(F)cc1)N1C[C@H]2Cn3c(nn(CC4CCC4)c(=O)c3=O)[C@H]2C1. The number of carbonyl (C=O) groups excluding carboxylic acids is 1. The number of amides is 1. The molecule has 1 aliphatic carbocycles. The Kier molecular flexibility index (Phi) is 3.96. The van der Waals surface area contributed by atoms with E-state index in [1.54, 1.807) is 4.90 Å². The molecule has 3 aliphatic rings. The van der Waals surface area contributed by atoms with Gasteiger partial charge in [-0.2, -0.15) is 5.10 Å². The zero-order chi connectivity index (χ0) is 19.4. The zero-order valence-corrected chi connectivity index (χ0v) is 15.4. The maximum absolute atomic E-state index is 13.1. The molecule has 0 N–H and O–H groups in total. The van der Waals surface area contributed by atoms with Gasteiger partial charge < -0.3 is 4.90 Å². The number of benzene rings is 1. The van der Waals surface area contributed by atoms with Crippen LogP contribution in [0.25, 0.3) is 0 Å². The molecule has 0 bridgehead atoms. The summed E-state index contributed by atoms with van der Waals surface area (Å²) in [6.45, 7) is 1.87. The van der Waals surface area contributed by atoms with Crippen LogP contribution < -0.4 is 11.1 Å². The number of nitrogens with zero attached hydrogens (tertiary/aromatic N) is 4. The number of aromatic nitrogens is 3. The van der Waals surface area contributed by atoms with E-state index in [2.05, 4.69) is 5.10 Å². The van der Waals surface area contributed by atoms with Crippen molar-refractivity contribution in [3.05, 3.63) is 62.2 Å². The Morgan fingerprint density at radius 2 is 1.82 bits per heavy atom. The Labute approximate surface area is 160 Å². The van der Waals surface area contributed by atoms with Crippen LogP contribution in [0.3, 0.4) is 0 Å². The van der Waals surface area contributed by atoms with Crippen LogP contribution in [-0.4, -0.2) is 38.2 Å². The Bertz CT molecular complexity index is 1050. The van der Waals surface area contributed by atoms with Crippen molar-refractivity contribution in [1.82, 2.24) is 19.2 Å². The Morgan fingerprint density at radius 3 is 2.50 bits per heavy atom. The summed E-state index contributed by atoms with van der Waals surface area (Å²) in [5.74, 6) is 0.532. The van der Waals surface area contributed by atoms with Gasteiger partial charge in [-0.25, -0.2) is 9.07 Å². The fourth-order valence-electron chi connectivity index (χ4n) is 4.57. The van der Waals surface area contributed by atoms with Crippen LogP contribution in [0.15, 0.2) is 33.9 Å². The summed E-state index contributed by atoms with van der Waals surface area (Å²) in [6, 6.07) is 5.52. The van der Waals surface area contributed by atoms with E-state index in [0.29, 0.717) is 43.5 Å². The van der Waals surface area contributed by atoms with Crippen molar-refractivity contribution < 1.29 is 9.18 Å². The first-order valence-corrected chi connectivity index (χ1v) is 9.78. The lowest BCUT2D eigenvalue weighted by atomic mass is 9.85. The summed E-state index contributed by atoms with van der Waals surface area (Å²) >= 11 is 0. The van der Waals surface area contributed by atoms with E-state index in [-0.39, 0.29) is 23.6 Å². The molecule has 0 radical (unpaired) electrons. The van der Waals surface area contributed by atoms with E-state index >= 15 is 0 Å². The number of fused-ring (bicyclic) bond motifs is 3. The maximum atomic E-state index is 13.1. The van der Waals surface area contributed by atoms with Gasteiger partial charge in [0, 0.05) is 43.6 Å². The maximum Gasteiger partial charge on any atom is 0.332 e. The average Bonchev–Trinajstić information content (AvgIpc) is 3.21. The van der Waals surface area contributed by atoms with Crippen molar-refractivity contribution in [3.8, 4) is 0 Å². The third kappa shape index (κ3) is 2.70. The molecule has 2 aromatic rings. The lowest BCUT2D eigenvalue weighted by Gasteiger charge is -2.25. The smallest absolute Gasteiger partial charge is 0.332 e. The highest BCUT2D eigenvalue weighted by atomic mass is 19.1. The third-order valence-electron chi connectivity index (χ3n) is 6.39. The molecule has 0 spiro atoms. The number of likely N-dealkylation sites (tertiary alicyclic amines) is 1. The Hall–Kier alpha value is -2.77. The molecule has 2 fully saturated rings. The summed E-state index contributed by atoms with van der Waals surface area (Å²) in [7, 11) is 0. The van der Waals surface area contributed by atoms with Gasteiger partial charge in [-0.15, -0.1) is 0 Å². The fourth-order valence-corrected chi connectivity index (χ4v) is 4.57. The molecule has 2 atom stereocenters. The third-order valence-corrected chi connectivity index (χ3v) is 6.39. The van der Waals surface area contributed by atoms with Gasteiger partial charge in [-0.1, -0.05) is 6.42 Å². The van der Waals surface area contributed by atoms with Crippen molar-refractivity contribution >= 4 is 5.91 Å². The van der Waals surface area contributed by atoms with Gasteiger partial charge in [-0.3, -0.25) is 19.0 Å². The summed E-state index contributed by atoms with van der Waals surface area (Å²) in [6.07, 6.45) is 3.30. The van der Waals surface area contributed by atoms with Gasteiger partial charge in [0.2, 0.25) is 0 Å². The van der Waals surface area contributed by atoms with E-state index in [1.807, 2.05) is 0 Å². The van der Waals surface area contributed by atoms with Crippen LogP contribution in [0.5, 0.6) is 0 Å². The predicted molar refractivity (Wildman–Crippen MR) is 98.6 cm³/mol. The lowest BCUT2D eigenvalue weighted by molar-refractivity contribution is 0.0782. The largest absolute Gasteiger partial charge is 0.338 e. The van der Waals surface area contributed by atoms with E-state index < -0.39 is 11.1 Å². The monoisotopic (exact) mass is 384 g/mol. The molecule has 1 saturated carbocycles. The average molecular weight is 384 g/mol. The van der Waals surface area contributed by atoms with E-state index in [0.717, 1.165) is 19.3 Å². The summed E-state index contributed by atoms with van der Waals surface area (Å²) in [5, 5.41) is 4.54. The molecule has 28 heavy (non-hydrogen) atoms. The molecule has 7 nitrogen and oxygen atoms in total. The van der Waals surface area contributed by atoms with Crippen LogP contribution in [-0.2, 0) is 13.1 Å². The molecule has 5 rings (SSSR count). The number of halogens is 1. The second kappa shape index (κ2) is 6.39. The second-order valence-electron chi connectivity index (χ2n) is 8.14. The van der Waals surface area contributed by atoms with E-state index in [9.17, 15) is 18.8 Å². The number of carbonyl (C=O) groups is 1. The van der Waals surface area contributed by atoms with Crippen molar-refractivity contribution in [2.24, 2.45) is 11.8 Å². The molecule has 1 aromatic carbocycles. The van der Waals surface area contributed by atoms with Crippen LogP contribution in [0.4, 0.5) is 4.39 Å². The number of hydrogen-bond acceptors (Lipinski definition) is 4. The summed E-state index contributed by atoms with van der Waals surface area (Å²) in [4.78, 5) is 39.4. The summed E-state index contributed by atoms with van der Waals surface area (Å²) in [5.41, 5.74) is -0.605. The Balaban J connectivity index is 1.41. The highest BCUT2D eigenvalue weighted by Gasteiger charge is 2.44. The van der Waals surface area contributed by atoms with Gasteiger partial charge in [0.25, 0.3) is 5.91 Å². The van der Waals surface area contributed by atoms with Gasteiger partial charge in [-0.05, 0) is 43.0 Å². The minimum Gasteiger partial charge on any atom is -0.338 e. The normalized spacial score (nSPS) is 23.4. The van der Waals surface area contributed by atoms with Crippen LogP contribution in [0.1, 0.15) is 41.4 Å². The number of rotatable bonds is 3. The molecule has 8 heteroatoms. The summed E-state index contributed by atoms with van der Waals surface area (Å²) < 4.78 is 15.9. The highest BCUT2D eigenvalue weighted by Crippen LogP contribution is 2.37. The predicted octanol–water partition coefficient (Wildman–Crippen LogP) is 1.21. The van der Waals surface area contributed by atoms with Crippen molar-refractivity contribution in [2.75, 3.05) is 13.1 Å². The van der Waals surface area contributed by atoms with E-state index in [4.69, 9.17) is 0 Å². The fraction of sp³-hybridized carbons (Fsp3) is 0.500. The first-order valence-electron chi connectivity index (χ1n) is 9.78. The van der Waals surface area contributed by atoms with Gasteiger partial charge >= 0.3 is 11.1 Å². The molecular formula is C20H21FN4O3. The van der Waals surface area contributed by atoms with Gasteiger partial charge in [0.05, 0.1) is 0 Å². The number of hydrogen-bond donors (Lipinski definition) is 0. The van der Waals surface area contributed by atoms with Crippen LogP contribution in [0, 0.1) is 17.7 Å². The highest BCUT2D eigenvalue weighted by molar-refractivity contribution is 5.94. The molecular weight excluding hydrogens is 363 g/mol. The quantitative estimate of drug-likeness (QED) is 0.746. The molecule has 1 aromatic heterocycles. The molecule has 0 unspecified atom stereocenters. The molecule has 3 heterocycles. The van der Waals surface area contributed by atoms with Crippen molar-refractivity contribution in [3.63, 3.8) is 0 Å². The molecule has 2 aliphatic heterocycles. The van der Waals surface area contributed by atoms with Gasteiger partial charge in [0.15, 0.2) is 0 Å². The zero-order valence-electron chi connectivity index (χ0n) is 15.4. The topological polar surface area (TPSA) is 77.2 Å². The van der Waals surface area contributed by atoms with Crippen LogP contribution in [0.2, 0.25) is 0 Å². The lowest BCUT2D eigenvalue weighted by Crippen LogP contribution is -2.45. The van der Waals surface area contributed by atoms with Crippen LogP contribution >= 0.6 is 0 Å². The minimum atomic E-state index is -0.546. The molecule has 1 amide bonds. The first kappa shape index (κ1) is 17.3.